The van der Waals surface area contributed by atoms with E-state index in [2.05, 4.69) is 15.0 Å². The largest absolute Gasteiger partial charge is 0.464 e. The second kappa shape index (κ2) is 6.47. The highest BCUT2D eigenvalue weighted by atomic mass is 32.1. The summed E-state index contributed by atoms with van der Waals surface area (Å²) >= 11 is 0.994. The molecule has 110 valence electrons. The molecule has 0 bridgehead atoms. The van der Waals surface area contributed by atoms with E-state index in [0.29, 0.717) is 0 Å². The van der Waals surface area contributed by atoms with Gasteiger partial charge < -0.3 is 15.8 Å². The third-order valence-corrected chi connectivity index (χ3v) is 3.67. The molecule has 0 saturated heterocycles. The summed E-state index contributed by atoms with van der Waals surface area (Å²) in [4.78, 5) is 38.6. The zero-order valence-electron chi connectivity index (χ0n) is 11.7. The van der Waals surface area contributed by atoms with Crippen LogP contribution in [0.3, 0.4) is 0 Å². The Morgan fingerprint density at radius 3 is 2.35 bits per heavy atom. The maximum atomic E-state index is 11.6. The number of esters is 1. The molecule has 0 fully saturated rings. The third-order valence-electron chi connectivity index (χ3n) is 2.58. The number of ketones is 1. The average molecular weight is 299 g/mol. The van der Waals surface area contributed by atoms with E-state index in [4.69, 9.17) is 5.73 Å². The van der Waals surface area contributed by atoms with Gasteiger partial charge in [0.25, 0.3) is 0 Å². The van der Waals surface area contributed by atoms with Crippen LogP contribution in [0.25, 0.3) is 0 Å². The summed E-state index contributed by atoms with van der Waals surface area (Å²) in [5.74, 6) is -1.58. The number of hydrogen-bond acceptors (Lipinski definition) is 7. The number of primary amides is 1. The Morgan fingerprint density at radius 1 is 1.35 bits per heavy atom. The Hall–Kier alpha value is -1.96. The Morgan fingerprint density at radius 2 is 1.95 bits per heavy atom. The van der Waals surface area contributed by atoms with Crippen LogP contribution in [0.4, 0.5) is 5.13 Å². The van der Waals surface area contributed by atoms with Crippen molar-refractivity contribution in [3.63, 3.8) is 0 Å². The smallest absolute Gasteiger partial charge is 0.358 e. The number of thiazole rings is 1. The van der Waals surface area contributed by atoms with Crippen molar-refractivity contribution in [3.05, 3.63) is 10.6 Å². The van der Waals surface area contributed by atoms with E-state index >= 15 is 0 Å². The lowest BCUT2D eigenvalue weighted by atomic mass is 10.0. The summed E-state index contributed by atoms with van der Waals surface area (Å²) in [5.41, 5.74) is 5.24. The average Bonchev–Trinajstić information content (AvgIpc) is 2.78. The van der Waals surface area contributed by atoms with Crippen LogP contribution in [-0.2, 0) is 9.53 Å². The molecule has 1 amide bonds. The van der Waals surface area contributed by atoms with Gasteiger partial charge >= 0.3 is 5.97 Å². The van der Waals surface area contributed by atoms with Gasteiger partial charge in [0.05, 0.1) is 7.11 Å². The molecule has 1 aromatic heterocycles. The molecule has 0 aliphatic carbocycles. The molecule has 1 rings (SSSR count). The van der Waals surface area contributed by atoms with Crippen LogP contribution in [0.1, 0.15) is 40.9 Å². The molecular formula is C12H17N3O4S. The van der Waals surface area contributed by atoms with E-state index in [-0.39, 0.29) is 27.4 Å². The van der Waals surface area contributed by atoms with Crippen LogP contribution in [0.15, 0.2) is 0 Å². The summed E-state index contributed by atoms with van der Waals surface area (Å²) in [6.45, 7) is 4.98. The van der Waals surface area contributed by atoms with E-state index in [1.165, 1.54) is 14.0 Å². The van der Waals surface area contributed by atoms with Crippen LogP contribution >= 0.6 is 11.3 Å². The van der Waals surface area contributed by atoms with E-state index in [1.807, 2.05) is 13.8 Å². The molecular weight excluding hydrogens is 282 g/mol. The molecule has 0 spiro atoms. The van der Waals surface area contributed by atoms with Gasteiger partial charge in [-0.1, -0.05) is 25.2 Å². The van der Waals surface area contributed by atoms with Crippen LogP contribution in [0, 0.1) is 5.92 Å². The summed E-state index contributed by atoms with van der Waals surface area (Å²) in [6, 6.07) is -0.633. The molecule has 0 saturated carbocycles. The number of aromatic nitrogens is 1. The van der Waals surface area contributed by atoms with Crippen molar-refractivity contribution in [1.82, 2.24) is 4.98 Å². The fraction of sp³-hybridized carbons (Fsp3) is 0.500. The number of rotatable bonds is 6. The van der Waals surface area contributed by atoms with Gasteiger partial charge in [-0.15, -0.1) is 0 Å². The van der Waals surface area contributed by atoms with Crippen molar-refractivity contribution in [2.45, 2.75) is 26.8 Å². The first kappa shape index (κ1) is 16.1. The normalized spacial score (nSPS) is 12.1. The predicted molar refractivity (Wildman–Crippen MR) is 74.9 cm³/mol. The first-order valence-electron chi connectivity index (χ1n) is 5.93. The fourth-order valence-corrected chi connectivity index (χ4v) is 2.44. The Kier molecular flexibility index (Phi) is 5.20. The van der Waals surface area contributed by atoms with E-state index in [9.17, 15) is 14.4 Å². The van der Waals surface area contributed by atoms with Gasteiger partial charge in [0.15, 0.2) is 16.6 Å². The minimum absolute atomic E-state index is 0.0560. The molecule has 1 aromatic rings. The Labute approximate surface area is 120 Å². The number of amides is 1. The summed E-state index contributed by atoms with van der Waals surface area (Å²) in [7, 11) is 1.21. The number of anilines is 1. The van der Waals surface area contributed by atoms with Gasteiger partial charge in [-0.2, -0.15) is 0 Å². The van der Waals surface area contributed by atoms with Crippen LogP contribution < -0.4 is 11.1 Å². The van der Waals surface area contributed by atoms with E-state index < -0.39 is 17.9 Å². The second-order valence-electron chi connectivity index (χ2n) is 4.51. The maximum absolute atomic E-state index is 11.6. The van der Waals surface area contributed by atoms with Crippen molar-refractivity contribution in [1.29, 1.82) is 0 Å². The molecule has 0 aromatic carbocycles. The highest BCUT2D eigenvalue weighted by molar-refractivity contribution is 7.17. The monoisotopic (exact) mass is 299 g/mol. The molecule has 1 heterocycles. The van der Waals surface area contributed by atoms with Gasteiger partial charge in [-0.25, -0.2) is 9.78 Å². The molecule has 0 aliphatic rings. The molecule has 0 aliphatic heterocycles. The number of Topliss-reactive ketones (excluding diaryl/α,β-unsaturated/α-hetero) is 1. The number of carbonyl (C=O) groups is 3. The number of ether oxygens (including phenoxy) is 1. The number of nitrogens with one attached hydrogen (secondary N) is 1. The quantitative estimate of drug-likeness (QED) is 0.600. The van der Waals surface area contributed by atoms with Gasteiger partial charge in [0, 0.05) is 6.92 Å². The third kappa shape index (κ3) is 3.53. The fourth-order valence-electron chi connectivity index (χ4n) is 1.55. The highest BCUT2D eigenvalue weighted by Crippen LogP contribution is 2.25. The molecule has 8 heteroatoms. The topological polar surface area (TPSA) is 111 Å². The van der Waals surface area contributed by atoms with Crippen LogP contribution in [-0.4, -0.2) is 35.8 Å². The van der Waals surface area contributed by atoms with Crippen molar-refractivity contribution < 1.29 is 19.1 Å². The van der Waals surface area contributed by atoms with Crippen molar-refractivity contribution in [3.8, 4) is 0 Å². The minimum atomic E-state index is -0.695. The first-order chi connectivity index (χ1) is 9.27. The van der Waals surface area contributed by atoms with Gasteiger partial charge in [0.2, 0.25) is 5.91 Å². The summed E-state index contributed by atoms with van der Waals surface area (Å²) in [5, 5.41) is 3.13. The number of nitrogens with two attached hydrogens (primary N) is 1. The molecule has 0 radical (unpaired) electrons. The summed E-state index contributed by atoms with van der Waals surface area (Å²) < 4.78 is 4.57. The number of hydrogen-bond donors (Lipinski definition) is 2. The molecule has 3 N–H and O–H groups in total. The predicted octanol–water partition coefficient (Wildman–Crippen LogP) is 1.05. The van der Waals surface area contributed by atoms with E-state index in [1.54, 1.807) is 0 Å². The second-order valence-corrected chi connectivity index (χ2v) is 5.51. The lowest BCUT2D eigenvalue weighted by Gasteiger charge is -2.17. The van der Waals surface area contributed by atoms with Gasteiger partial charge in [0.1, 0.15) is 10.9 Å². The standard InChI is InChI=1S/C12H17N3O4S/c1-5(2)7(10(13)17)14-12-15-8(11(18)19-4)9(20-12)6(3)16/h5,7H,1-4H3,(H2,13,17)(H,14,15). The van der Waals surface area contributed by atoms with Gasteiger partial charge in [-0.3, -0.25) is 9.59 Å². The van der Waals surface area contributed by atoms with E-state index in [0.717, 1.165) is 11.3 Å². The molecule has 1 unspecified atom stereocenters. The molecule has 7 nitrogen and oxygen atoms in total. The zero-order chi connectivity index (χ0) is 15.4. The minimum Gasteiger partial charge on any atom is -0.464 e. The molecule has 20 heavy (non-hydrogen) atoms. The zero-order valence-corrected chi connectivity index (χ0v) is 12.5. The number of methoxy groups -OCH3 is 1. The SMILES string of the molecule is COC(=O)c1nc(NC(C(N)=O)C(C)C)sc1C(C)=O. The van der Waals surface area contributed by atoms with Gasteiger partial charge in [-0.05, 0) is 5.92 Å². The summed E-state index contributed by atoms with van der Waals surface area (Å²) in [6.07, 6.45) is 0. The van der Waals surface area contributed by atoms with Crippen LogP contribution in [0.2, 0.25) is 0 Å². The highest BCUT2D eigenvalue weighted by Gasteiger charge is 2.25. The number of carbonyl (C=O) groups excluding carboxylic acids is 3. The van der Waals surface area contributed by atoms with Crippen molar-refractivity contribution in [2.24, 2.45) is 11.7 Å². The van der Waals surface area contributed by atoms with Crippen molar-refractivity contribution >= 4 is 34.1 Å². The lowest BCUT2D eigenvalue weighted by molar-refractivity contribution is -0.119. The first-order valence-corrected chi connectivity index (χ1v) is 6.75. The number of nitrogens with zero attached hydrogens (tertiary/aromatic N) is 1. The van der Waals surface area contributed by atoms with Crippen LogP contribution in [0.5, 0.6) is 0 Å². The Bertz CT molecular complexity index is 539. The molecule has 1 atom stereocenters. The maximum Gasteiger partial charge on any atom is 0.358 e. The Balaban J connectivity index is 3.11. The lowest BCUT2D eigenvalue weighted by Crippen LogP contribution is -2.39. The van der Waals surface area contributed by atoms with Crippen molar-refractivity contribution in [2.75, 3.05) is 12.4 Å².